The molecule has 114 valence electrons. The summed E-state index contributed by atoms with van der Waals surface area (Å²) in [5.41, 5.74) is 6.65. The maximum absolute atomic E-state index is 12.4. The first-order valence-corrected chi connectivity index (χ1v) is 8.73. The fourth-order valence-electron chi connectivity index (χ4n) is 2.31. The molecule has 6 heteroatoms. The summed E-state index contributed by atoms with van der Waals surface area (Å²) in [5, 5.41) is 4.39. The third-order valence-corrected chi connectivity index (χ3v) is 5.18. The monoisotopic (exact) mass is 307 g/mol. The van der Waals surface area contributed by atoms with E-state index in [4.69, 9.17) is 5.73 Å². The van der Waals surface area contributed by atoms with Gasteiger partial charge in [0.1, 0.15) is 0 Å². The molecule has 0 fully saturated rings. The van der Waals surface area contributed by atoms with Crippen LogP contribution in [0.3, 0.4) is 0 Å². The largest absolute Gasteiger partial charge is 0.399 e. The number of rotatable bonds is 6. The van der Waals surface area contributed by atoms with Crippen molar-refractivity contribution >= 4 is 15.5 Å². The van der Waals surface area contributed by atoms with Crippen LogP contribution in [0.2, 0.25) is 0 Å². The molecule has 2 rings (SSSR count). The maximum atomic E-state index is 12.4. The minimum absolute atomic E-state index is 0.108. The van der Waals surface area contributed by atoms with Crippen LogP contribution in [0.4, 0.5) is 5.69 Å². The van der Waals surface area contributed by atoms with Crippen molar-refractivity contribution in [2.45, 2.75) is 43.4 Å². The second-order valence-corrected chi connectivity index (χ2v) is 7.08. The van der Waals surface area contributed by atoms with Crippen molar-refractivity contribution in [2.24, 2.45) is 0 Å². The van der Waals surface area contributed by atoms with Crippen LogP contribution in [0.1, 0.15) is 38.4 Å². The molecule has 0 aliphatic carbocycles. The SMILES string of the molecule is CCC(CC)n1ccc(CS(=O)(=O)c2cccc(N)c2)n1. The minimum Gasteiger partial charge on any atom is -0.399 e. The zero-order valence-electron chi connectivity index (χ0n) is 12.4. The number of aromatic nitrogens is 2. The zero-order valence-corrected chi connectivity index (χ0v) is 13.2. The summed E-state index contributed by atoms with van der Waals surface area (Å²) in [5.74, 6) is -0.108. The quantitative estimate of drug-likeness (QED) is 0.832. The van der Waals surface area contributed by atoms with E-state index < -0.39 is 9.84 Å². The van der Waals surface area contributed by atoms with Gasteiger partial charge in [-0.05, 0) is 37.1 Å². The van der Waals surface area contributed by atoms with Gasteiger partial charge in [0.05, 0.1) is 22.4 Å². The van der Waals surface area contributed by atoms with Gasteiger partial charge in [-0.15, -0.1) is 0 Å². The molecule has 0 unspecified atom stereocenters. The molecule has 0 aliphatic rings. The van der Waals surface area contributed by atoms with Crippen LogP contribution in [0.15, 0.2) is 41.4 Å². The summed E-state index contributed by atoms with van der Waals surface area (Å²) in [6.45, 7) is 4.19. The average molecular weight is 307 g/mol. The Morgan fingerprint density at radius 3 is 2.57 bits per heavy atom. The lowest BCUT2D eigenvalue weighted by Crippen LogP contribution is -2.10. The number of hydrogen-bond acceptors (Lipinski definition) is 4. The number of nitrogens with two attached hydrogens (primary N) is 1. The number of sulfone groups is 1. The third kappa shape index (κ3) is 3.64. The van der Waals surface area contributed by atoms with E-state index in [1.54, 1.807) is 24.3 Å². The standard InChI is InChI=1S/C15H21N3O2S/c1-3-14(4-2)18-9-8-13(17-18)11-21(19,20)15-7-5-6-12(16)10-15/h5-10,14H,3-4,11,16H2,1-2H3. The fraction of sp³-hybridized carbons (Fsp3) is 0.400. The Hall–Kier alpha value is -1.82. The highest BCUT2D eigenvalue weighted by Crippen LogP contribution is 2.19. The van der Waals surface area contributed by atoms with Crippen LogP contribution in [0, 0.1) is 0 Å². The molecule has 0 spiro atoms. The summed E-state index contributed by atoms with van der Waals surface area (Å²) in [6, 6.07) is 8.43. The Balaban J connectivity index is 2.21. The molecule has 1 aromatic heterocycles. The summed E-state index contributed by atoms with van der Waals surface area (Å²) < 4.78 is 26.6. The third-order valence-electron chi connectivity index (χ3n) is 3.54. The van der Waals surface area contributed by atoms with E-state index in [0.717, 1.165) is 12.8 Å². The van der Waals surface area contributed by atoms with Crippen LogP contribution >= 0.6 is 0 Å². The summed E-state index contributed by atoms with van der Waals surface area (Å²) in [4.78, 5) is 0.236. The van der Waals surface area contributed by atoms with Crippen molar-refractivity contribution in [3.8, 4) is 0 Å². The van der Waals surface area contributed by atoms with E-state index in [-0.39, 0.29) is 10.6 Å². The molecule has 0 bridgehead atoms. The fourth-order valence-corrected chi connectivity index (χ4v) is 3.62. The summed E-state index contributed by atoms with van der Waals surface area (Å²) >= 11 is 0. The van der Waals surface area contributed by atoms with Gasteiger partial charge in [-0.3, -0.25) is 4.68 Å². The highest BCUT2D eigenvalue weighted by molar-refractivity contribution is 7.90. The van der Waals surface area contributed by atoms with Crippen molar-refractivity contribution in [1.82, 2.24) is 9.78 Å². The van der Waals surface area contributed by atoms with Crippen LogP contribution in [0.5, 0.6) is 0 Å². The lowest BCUT2D eigenvalue weighted by atomic mass is 10.2. The van der Waals surface area contributed by atoms with Crippen molar-refractivity contribution in [2.75, 3.05) is 5.73 Å². The Labute approximate surface area is 125 Å². The van der Waals surface area contributed by atoms with Gasteiger partial charge in [0.25, 0.3) is 0 Å². The first kappa shape index (κ1) is 15.6. The number of nitrogens with zero attached hydrogens (tertiary/aromatic N) is 2. The number of hydrogen-bond donors (Lipinski definition) is 1. The molecule has 0 atom stereocenters. The maximum Gasteiger partial charge on any atom is 0.184 e. The second-order valence-electron chi connectivity index (χ2n) is 5.09. The highest BCUT2D eigenvalue weighted by Gasteiger charge is 2.18. The molecule has 2 N–H and O–H groups in total. The molecular weight excluding hydrogens is 286 g/mol. The molecule has 0 aliphatic heterocycles. The van der Waals surface area contributed by atoms with Crippen molar-refractivity contribution < 1.29 is 8.42 Å². The molecular formula is C15H21N3O2S. The molecule has 0 saturated carbocycles. The van der Waals surface area contributed by atoms with Crippen molar-refractivity contribution in [1.29, 1.82) is 0 Å². The normalized spacial score (nSPS) is 12.0. The molecule has 0 radical (unpaired) electrons. The molecule has 0 saturated heterocycles. The minimum atomic E-state index is -3.42. The lowest BCUT2D eigenvalue weighted by Gasteiger charge is -2.12. The molecule has 5 nitrogen and oxygen atoms in total. The van der Waals surface area contributed by atoms with E-state index in [1.165, 1.54) is 6.07 Å². The van der Waals surface area contributed by atoms with Crippen molar-refractivity contribution in [3.63, 3.8) is 0 Å². The van der Waals surface area contributed by atoms with Crippen LogP contribution in [0.25, 0.3) is 0 Å². The van der Waals surface area contributed by atoms with Crippen molar-refractivity contribution in [3.05, 3.63) is 42.2 Å². The van der Waals surface area contributed by atoms with E-state index in [0.29, 0.717) is 17.4 Å². The molecule has 1 heterocycles. The first-order valence-electron chi connectivity index (χ1n) is 7.08. The Kier molecular flexibility index (Phi) is 4.67. The lowest BCUT2D eigenvalue weighted by molar-refractivity contribution is 0.426. The average Bonchev–Trinajstić information content (AvgIpc) is 2.88. The van der Waals surface area contributed by atoms with Gasteiger partial charge in [-0.1, -0.05) is 19.9 Å². The molecule has 1 aromatic carbocycles. The van der Waals surface area contributed by atoms with E-state index >= 15 is 0 Å². The second kappa shape index (κ2) is 6.30. The Morgan fingerprint density at radius 2 is 1.95 bits per heavy atom. The van der Waals surface area contributed by atoms with Crippen LogP contribution in [-0.4, -0.2) is 18.2 Å². The van der Waals surface area contributed by atoms with E-state index in [9.17, 15) is 8.42 Å². The van der Waals surface area contributed by atoms with Gasteiger partial charge >= 0.3 is 0 Å². The van der Waals surface area contributed by atoms with Gasteiger partial charge in [-0.2, -0.15) is 5.10 Å². The molecule has 0 amide bonds. The molecule has 2 aromatic rings. The topological polar surface area (TPSA) is 78.0 Å². The van der Waals surface area contributed by atoms with Gasteiger partial charge in [0.2, 0.25) is 0 Å². The number of nitrogen functional groups attached to an aromatic ring is 1. The van der Waals surface area contributed by atoms with Gasteiger partial charge in [0.15, 0.2) is 9.84 Å². The Morgan fingerprint density at radius 1 is 1.24 bits per heavy atom. The van der Waals surface area contributed by atoms with Crippen LogP contribution < -0.4 is 5.73 Å². The van der Waals surface area contributed by atoms with Gasteiger partial charge in [-0.25, -0.2) is 8.42 Å². The number of benzene rings is 1. The molecule has 21 heavy (non-hydrogen) atoms. The van der Waals surface area contributed by atoms with E-state index in [2.05, 4.69) is 18.9 Å². The van der Waals surface area contributed by atoms with Gasteiger partial charge in [0, 0.05) is 11.9 Å². The van der Waals surface area contributed by atoms with E-state index in [1.807, 2.05) is 10.9 Å². The summed E-state index contributed by atoms with van der Waals surface area (Å²) in [7, 11) is -3.42. The van der Waals surface area contributed by atoms with Gasteiger partial charge < -0.3 is 5.73 Å². The smallest absolute Gasteiger partial charge is 0.184 e. The van der Waals surface area contributed by atoms with Crippen LogP contribution in [-0.2, 0) is 15.6 Å². The zero-order chi connectivity index (χ0) is 15.5. The highest BCUT2D eigenvalue weighted by atomic mass is 32.2. The predicted molar refractivity (Wildman–Crippen MR) is 83.6 cm³/mol. The first-order chi connectivity index (χ1) is 9.96. The predicted octanol–water partition coefficient (Wildman–Crippen LogP) is 2.80. The Bertz CT molecular complexity index is 703. The summed E-state index contributed by atoms with van der Waals surface area (Å²) in [6.07, 6.45) is 3.79. The number of anilines is 1.